The molecule has 2 N–H and O–H groups in total. The average Bonchev–Trinajstić information content (AvgIpc) is 2.62. The van der Waals surface area contributed by atoms with E-state index < -0.39 is 0 Å². The van der Waals surface area contributed by atoms with Crippen LogP contribution in [0.4, 0.5) is 0 Å². The molecule has 5 heteroatoms. The molecule has 1 unspecified atom stereocenters. The fourth-order valence-electron chi connectivity index (χ4n) is 1.61. The molecule has 0 radical (unpaired) electrons. The Kier molecular flexibility index (Phi) is 5.58. The Morgan fingerprint density at radius 2 is 2.18 bits per heavy atom. The summed E-state index contributed by atoms with van der Waals surface area (Å²) in [4.78, 5) is 17.0. The van der Waals surface area contributed by atoms with Crippen LogP contribution in [-0.2, 0) is 4.79 Å². The van der Waals surface area contributed by atoms with Gasteiger partial charge in [0.15, 0.2) is 0 Å². The summed E-state index contributed by atoms with van der Waals surface area (Å²) < 4.78 is 0. The summed E-state index contributed by atoms with van der Waals surface area (Å²) in [5, 5.41) is 7.14. The summed E-state index contributed by atoms with van der Waals surface area (Å²) in [5.41, 5.74) is 1.06. The molecule has 1 aromatic heterocycles. The molecule has 0 bridgehead atoms. The van der Waals surface area contributed by atoms with Crippen molar-refractivity contribution in [1.82, 2.24) is 15.6 Å². The molecule has 0 aromatic carbocycles. The molecule has 0 spiro atoms. The van der Waals surface area contributed by atoms with E-state index in [1.807, 2.05) is 20.8 Å². The van der Waals surface area contributed by atoms with Crippen molar-refractivity contribution in [2.24, 2.45) is 0 Å². The molecule has 0 fully saturated rings. The van der Waals surface area contributed by atoms with Crippen LogP contribution in [0.5, 0.6) is 0 Å². The first-order valence-electron chi connectivity index (χ1n) is 5.98. The van der Waals surface area contributed by atoms with E-state index in [0.717, 1.165) is 23.7 Å². The first kappa shape index (κ1) is 14.1. The van der Waals surface area contributed by atoms with E-state index in [1.54, 1.807) is 11.3 Å². The van der Waals surface area contributed by atoms with Gasteiger partial charge in [-0.25, -0.2) is 4.98 Å². The second-order valence-corrected chi connectivity index (χ2v) is 5.37. The third-order valence-corrected chi connectivity index (χ3v) is 3.73. The Morgan fingerprint density at radius 1 is 1.47 bits per heavy atom. The predicted molar refractivity (Wildman–Crippen MR) is 71.3 cm³/mol. The highest BCUT2D eigenvalue weighted by molar-refractivity contribution is 7.11. The predicted octanol–water partition coefficient (Wildman–Crippen LogP) is 1.94. The van der Waals surface area contributed by atoms with Crippen LogP contribution in [-0.4, -0.2) is 24.0 Å². The van der Waals surface area contributed by atoms with Gasteiger partial charge >= 0.3 is 0 Å². The highest BCUT2D eigenvalue weighted by Gasteiger charge is 2.13. The van der Waals surface area contributed by atoms with Crippen LogP contribution in [0.3, 0.4) is 0 Å². The van der Waals surface area contributed by atoms with E-state index in [-0.39, 0.29) is 11.9 Å². The first-order valence-corrected chi connectivity index (χ1v) is 6.80. The van der Waals surface area contributed by atoms with Gasteiger partial charge in [0.1, 0.15) is 0 Å². The second-order valence-electron chi connectivity index (χ2n) is 4.14. The molecule has 1 heterocycles. The van der Waals surface area contributed by atoms with Crippen molar-refractivity contribution < 1.29 is 4.79 Å². The molecule has 0 saturated carbocycles. The van der Waals surface area contributed by atoms with Gasteiger partial charge < -0.3 is 10.6 Å². The molecule has 1 amide bonds. The third kappa shape index (κ3) is 4.44. The van der Waals surface area contributed by atoms with Crippen molar-refractivity contribution >= 4 is 17.2 Å². The summed E-state index contributed by atoms with van der Waals surface area (Å²) >= 11 is 1.69. The fraction of sp³-hybridized carbons (Fsp3) is 0.667. The van der Waals surface area contributed by atoms with Gasteiger partial charge in [0, 0.05) is 17.5 Å². The standard InChI is InChI=1S/C12H21N3OS/c1-5-6-13-11(16)7-14-8(2)12-9(3)15-10(4)17-12/h8,14H,5-7H2,1-4H3,(H,13,16). The van der Waals surface area contributed by atoms with Crippen LogP contribution < -0.4 is 10.6 Å². The lowest BCUT2D eigenvalue weighted by molar-refractivity contribution is -0.120. The van der Waals surface area contributed by atoms with Gasteiger partial charge in [-0.2, -0.15) is 0 Å². The quantitative estimate of drug-likeness (QED) is 0.817. The third-order valence-electron chi connectivity index (χ3n) is 2.47. The smallest absolute Gasteiger partial charge is 0.233 e. The lowest BCUT2D eigenvalue weighted by Gasteiger charge is -2.12. The van der Waals surface area contributed by atoms with E-state index in [1.165, 1.54) is 4.88 Å². The number of nitrogens with one attached hydrogen (secondary N) is 2. The molecule has 0 aliphatic heterocycles. The number of hydrogen-bond acceptors (Lipinski definition) is 4. The summed E-state index contributed by atoms with van der Waals surface area (Å²) in [6.07, 6.45) is 0.967. The number of aryl methyl sites for hydroxylation is 2. The molecule has 4 nitrogen and oxygen atoms in total. The SMILES string of the molecule is CCCNC(=O)CNC(C)c1sc(C)nc1C. The average molecular weight is 255 g/mol. The number of amides is 1. The number of thiazole rings is 1. The van der Waals surface area contributed by atoms with Gasteiger partial charge in [-0.3, -0.25) is 4.79 Å². The molecule has 0 aliphatic rings. The summed E-state index contributed by atoms with van der Waals surface area (Å²) in [6, 6.07) is 0.175. The number of carbonyl (C=O) groups is 1. The minimum atomic E-state index is 0.0533. The monoisotopic (exact) mass is 255 g/mol. The van der Waals surface area contributed by atoms with Gasteiger partial charge in [0.05, 0.1) is 17.2 Å². The molecule has 1 rings (SSSR count). The zero-order chi connectivity index (χ0) is 12.8. The Bertz CT molecular complexity index is 376. The van der Waals surface area contributed by atoms with Gasteiger partial charge in [0.2, 0.25) is 5.91 Å². The maximum Gasteiger partial charge on any atom is 0.233 e. The fourth-order valence-corrected chi connectivity index (χ4v) is 2.57. The zero-order valence-electron chi connectivity index (χ0n) is 11.0. The van der Waals surface area contributed by atoms with Crippen molar-refractivity contribution in [2.75, 3.05) is 13.1 Å². The van der Waals surface area contributed by atoms with Crippen LogP contribution in [0.1, 0.15) is 41.9 Å². The molecule has 0 saturated heterocycles. The number of hydrogen-bond donors (Lipinski definition) is 2. The van der Waals surface area contributed by atoms with Crippen LogP contribution in [0.2, 0.25) is 0 Å². The normalized spacial score (nSPS) is 12.5. The first-order chi connectivity index (χ1) is 8.04. The highest BCUT2D eigenvalue weighted by Crippen LogP contribution is 2.23. The van der Waals surface area contributed by atoms with Crippen molar-refractivity contribution in [3.05, 3.63) is 15.6 Å². The highest BCUT2D eigenvalue weighted by atomic mass is 32.1. The van der Waals surface area contributed by atoms with E-state index in [2.05, 4.69) is 22.5 Å². The van der Waals surface area contributed by atoms with E-state index in [4.69, 9.17) is 0 Å². The lowest BCUT2D eigenvalue weighted by Crippen LogP contribution is -2.35. The summed E-state index contributed by atoms with van der Waals surface area (Å²) in [6.45, 7) is 9.22. The number of nitrogens with zero attached hydrogens (tertiary/aromatic N) is 1. The Morgan fingerprint density at radius 3 is 2.71 bits per heavy atom. The number of carbonyl (C=O) groups excluding carboxylic acids is 1. The molecule has 0 aliphatic carbocycles. The second kappa shape index (κ2) is 6.71. The van der Waals surface area contributed by atoms with Crippen LogP contribution in [0.15, 0.2) is 0 Å². The molecule has 1 aromatic rings. The van der Waals surface area contributed by atoms with Crippen LogP contribution >= 0.6 is 11.3 Å². The van der Waals surface area contributed by atoms with E-state index in [0.29, 0.717) is 6.54 Å². The molecular formula is C12H21N3OS. The Labute approximate surface area is 107 Å². The van der Waals surface area contributed by atoms with Crippen molar-refractivity contribution in [2.45, 2.75) is 40.2 Å². The van der Waals surface area contributed by atoms with Crippen LogP contribution in [0, 0.1) is 13.8 Å². The number of rotatable bonds is 6. The van der Waals surface area contributed by atoms with Gasteiger partial charge in [-0.05, 0) is 27.2 Å². The summed E-state index contributed by atoms with van der Waals surface area (Å²) in [7, 11) is 0. The Hall–Kier alpha value is -0.940. The van der Waals surface area contributed by atoms with Crippen LogP contribution in [0.25, 0.3) is 0 Å². The number of aromatic nitrogens is 1. The van der Waals surface area contributed by atoms with Gasteiger partial charge in [-0.15, -0.1) is 11.3 Å². The lowest BCUT2D eigenvalue weighted by atomic mass is 10.2. The topological polar surface area (TPSA) is 54.0 Å². The van der Waals surface area contributed by atoms with Gasteiger partial charge in [-0.1, -0.05) is 6.92 Å². The maximum atomic E-state index is 11.4. The van der Waals surface area contributed by atoms with Crippen molar-refractivity contribution in [3.8, 4) is 0 Å². The largest absolute Gasteiger partial charge is 0.355 e. The zero-order valence-corrected chi connectivity index (χ0v) is 11.8. The van der Waals surface area contributed by atoms with E-state index >= 15 is 0 Å². The van der Waals surface area contributed by atoms with Crippen molar-refractivity contribution in [3.63, 3.8) is 0 Å². The summed E-state index contributed by atoms with van der Waals surface area (Å²) in [5.74, 6) is 0.0533. The molecular weight excluding hydrogens is 234 g/mol. The Balaban J connectivity index is 2.42. The van der Waals surface area contributed by atoms with E-state index in [9.17, 15) is 4.79 Å². The minimum absolute atomic E-state index is 0.0533. The molecule has 17 heavy (non-hydrogen) atoms. The minimum Gasteiger partial charge on any atom is -0.355 e. The van der Waals surface area contributed by atoms with Crippen molar-refractivity contribution in [1.29, 1.82) is 0 Å². The van der Waals surface area contributed by atoms with Gasteiger partial charge in [0.25, 0.3) is 0 Å². The maximum absolute atomic E-state index is 11.4. The molecule has 96 valence electrons. The molecule has 1 atom stereocenters.